The van der Waals surface area contributed by atoms with E-state index in [0.717, 1.165) is 5.56 Å². The van der Waals surface area contributed by atoms with Crippen LogP contribution in [0.15, 0.2) is 65.8 Å². The number of anilines is 1. The SMILES string of the molecule is O=C(Nc1ccc(SC(F)F)cc1)[C@@H](Cc1ccccc1)n1cnnn1. The van der Waals surface area contributed by atoms with Crippen molar-refractivity contribution in [3.05, 3.63) is 66.5 Å². The number of hydrogen-bond donors (Lipinski definition) is 1. The molecule has 26 heavy (non-hydrogen) atoms. The first kappa shape index (κ1) is 18.0. The van der Waals surface area contributed by atoms with E-state index in [-0.39, 0.29) is 5.91 Å². The van der Waals surface area contributed by atoms with E-state index in [1.165, 1.54) is 23.1 Å². The van der Waals surface area contributed by atoms with E-state index in [1.54, 1.807) is 12.1 Å². The van der Waals surface area contributed by atoms with Gasteiger partial charge in [0.05, 0.1) is 0 Å². The molecule has 0 radical (unpaired) electrons. The number of benzene rings is 2. The van der Waals surface area contributed by atoms with Gasteiger partial charge in [-0.2, -0.15) is 8.78 Å². The largest absolute Gasteiger partial charge is 0.324 e. The third kappa shape index (κ3) is 4.85. The number of amides is 1. The van der Waals surface area contributed by atoms with Crippen LogP contribution in [-0.2, 0) is 11.2 Å². The predicted octanol–water partition coefficient (Wildman–Crippen LogP) is 3.41. The first-order valence-electron chi connectivity index (χ1n) is 7.74. The Hall–Kier alpha value is -2.81. The highest BCUT2D eigenvalue weighted by atomic mass is 32.2. The first-order valence-corrected chi connectivity index (χ1v) is 8.62. The quantitative estimate of drug-likeness (QED) is 0.641. The summed E-state index contributed by atoms with van der Waals surface area (Å²) in [4.78, 5) is 13.2. The van der Waals surface area contributed by atoms with E-state index in [2.05, 4.69) is 20.8 Å². The van der Waals surface area contributed by atoms with Gasteiger partial charge in [0, 0.05) is 17.0 Å². The zero-order valence-electron chi connectivity index (χ0n) is 13.5. The van der Waals surface area contributed by atoms with E-state index >= 15 is 0 Å². The van der Waals surface area contributed by atoms with Gasteiger partial charge in [-0.15, -0.1) is 5.10 Å². The van der Waals surface area contributed by atoms with Crippen LogP contribution < -0.4 is 5.32 Å². The van der Waals surface area contributed by atoms with Crippen molar-refractivity contribution in [2.45, 2.75) is 23.1 Å². The smallest absolute Gasteiger partial charge is 0.288 e. The van der Waals surface area contributed by atoms with Gasteiger partial charge in [-0.05, 0) is 40.3 Å². The van der Waals surface area contributed by atoms with Crippen LogP contribution in [0.4, 0.5) is 14.5 Å². The highest BCUT2D eigenvalue weighted by molar-refractivity contribution is 7.99. The van der Waals surface area contributed by atoms with Gasteiger partial charge in [-0.3, -0.25) is 4.79 Å². The molecule has 0 aliphatic rings. The van der Waals surface area contributed by atoms with Crippen LogP contribution in [0.1, 0.15) is 11.6 Å². The summed E-state index contributed by atoms with van der Waals surface area (Å²) in [5, 5.41) is 13.8. The molecule has 1 amide bonds. The minimum absolute atomic E-state index is 0.296. The topological polar surface area (TPSA) is 72.7 Å². The minimum Gasteiger partial charge on any atom is -0.324 e. The molecule has 1 N–H and O–H groups in total. The average Bonchev–Trinajstić information content (AvgIpc) is 3.16. The monoisotopic (exact) mass is 375 g/mol. The zero-order chi connectivity index (χ0) is 18.4. The number of rotatable bonds is 7. The van der Waals surface area contributed by atoms with Crippen molar-refractivity contribution in [1.29, 1.82) is 0 Å². The van der Waals surface area contributed by atoms with E-state index < -0.39 is 11.8 Å². The highest BCUT2D eigenvalue weighted by Gasteiger charge is 2.22. The second kappa shape index (κ2) is 8.52. The Balaban J connectivity index is 1.73. The number of carbonyl (C=O) groups is 1. The lowest BCUT2D eigenvalue weighted by Gasteiger charge is -2.16. The maximum atomic E-state index is 12.7. The lowest BCUT2D eigenvalue weighted by molar-refractivity contribution is -0.119. The Bertz CT molecular complexity index is 828. The van der Waals surface area contributed by atoms with E-state index in [1.807, 2.05) is 30.3 Å². The third-order valence-corrected chi connectivity index (χ3v) is 4.33. The number of thioether (sulfide) groups is 1. The number of carbonyl (C=O) groups excluding carboxylic acids is 1. The summed E-state index contributed by atoms with van der Waals surface area (Å²) in [6.45, 7) is 0. The molecule has 6 nitrogen and oxygen atoms in total. The Kier molecular flexibility index (Phi) is 5.90. The van der Waals surface area contributed by atoms with Crippen molar-refractivity contribution in [2.75, 3.05) is 5.32 Å². The van der Waals surface area contributed by atoms with Gasteiger partial charge in [-0.25, -0.2) is 4.68 Å². The van der Waals surface area contributed by atoms with Gasteiger partial charge < -0.3 is 5.32 Å². The number of aromatic nitrogens is 4. The van der Waals surface area contributed by atoms with Crippen LogP contribution in [0.5, 0.6) is 0 Å². The lowest BCUT2D eigenvalue weighted by atomic mass is 10.1. The van der Waals surface area contributed by atoms with Crippen molar-refractivity contribution >= 4 is 23.4 Å². The molecule has 0 unspecified atom stereocenters. The van der Waals surface area contributed by atoms with E-state index in [0.29, 0.717) is 28.8 Å². The fourth-order valence-corrected chi connectivity index (χ4v) is 2.90. The predicted molar refractivity (Wildman–Crippen MR) is 93.9 cm³/mol. The molecule has 134 valence electrons. The normalized spacial score (nSPS) is 12.1. The number of tetrazole rings is 1. The molecule has 1 atom stereocenters. The Morgan fingerprint density at radius 1 is 1.12 bits per heavy atom. The maximum absolute atomic E-state index is 12.7. The number of nitrogens with zero attached hydrogens (tertiary/aromatic N) is 4. The van der Waals surface area contributed by atoms with Gasteiger partial charge in [0.15, 0.2) is 0 Å². The number of nitrogens with one attached hydrogen (secondary N) is 1. The van der Waals surface area contributed by atoms with Crippen molar-refractivity contribution in [3.63, 3.8) is 0 Å². The molecule has 0 aliphatic carbocycles. The van der Waals surface area contributed by atoms with Gasteiger partial charge in [-0.1, -0.05) is 42.1 Å². The molecule has 1 heterocycles. The van der Waals surface area contributed by atoms with Crippen molar-refractivity contribution in [1.82, 2.24) is 20.2 Å². The molecule has 0 saturated carbocycles. The number of hydrogen-bond acceptors (Lipinski definition) is 5. The lowest BCUT2D eigenvalue weighted by Crippen LogP contribution is -2.28. The summed E-state index contributed by atoms with van der Waals surface area (Å²) in [7, 11) is 0. The molecule has 0 bridgehead atoms. The van der Waals surface area contributed by atoms with Crippen molar-refractivity contribution in [3.8, 4) is 0 Å². The fourth-order valence-electron chi connectivity index (χ4n) is 2.40. The Morgan fingerprint density at radius 3 is 2.46 bits per heavy atom. The number of alkyl halides is 2. The molecule has 3 aromatic rings. The molecular weight excluding hydrogens is 360 g/mol. The molecule has 1 aromatic heterocycles. The van der Waals surface area contributed by atoms with Gasteiger partial charge in [0.2, 0.25) is 5.91 Å². The highest BCUT2D eigenvalue weighted by Crippen LogP contribution is 2.26. The van der Waals surface area contributed by atoms with E-state index in [9.17, 15) is 13.6 Å². The van der Waals surface area contributed by atoms with Gasteiger partial charge in [0.1, 0.15) is 12.4 Å². The molecule has 0 spiro atoms. The van der Waals surface area contributed by atoms with Crippen LogP contribution in [0, 0.1) is 0 Å². The minimum atomic E-state index is -2.48. The zero-order valence-corrected chi connectivity index (χ0v) is 14.3. The van der Waals surface area contributed by atoms with Crippen LogP contribution in [0.2, 0.25) is 0 Å². The summed E-state index contributed by atoms with van der Waals surface area (Å²) in [6, 6.07) is 15.1. The summed E-state index contributed by atoms with van der Waals surface area (Å²) in [6.07, 6.45) is 1.80. The second-order valence-electron chi connectivity index (χ2n) is 5.39. The summed E-state index contributed by atoms with van der Waals surface area (Å²) >= 11 is 0.455. The molecule has 0 fully saturated rings. The summed E-state index contributed by atoms with van der Waals surface area (Å²) < 4.78 is 26.1. The molecular formula is C17H15F2N5OS. The van der Waals surface area contributed by atoms with Crippen molar-refractivity contribution < 1.29 is 13.6 Å². The number of halogens is 2. The molecule has 0 aliphatic heterocycles. The summed E-state index contributed by atoms with van der Waals surface area (Å²) in [5.74, 6) is -2.78. The second-order valence-corrected chi connectivity index (χ2v) is 6.45. The fraction of sp³-hybridized carbons (Fsp3) is 0.176. The van der Waals surface area contributed by atoms with Crippen LogP contribution in [0.25, 0.3) is 0 Å². The molecule has 2 aromatic carbocycles. The van der Waals surface area contributed by atoms with Gasteiger partial charge in [0.25, 0.3) is 5.76 Å². The standard InChI is InChI=1S/C17H15F2N5OS/c18-17(19)26-14-8-6-13(7-9-14)21-16(25)15(24-11-20-22-23-24)10-12-4-2-1-3-5-12/h1-9,11,15,17H,10H2,(H,21,25)/t15-/m1/s1. The van der Waals surface area contributed by atoms with Crippen LogP contribution >= 0.6 is 11.8 Å². The molecule has 3 rings (SSSR count). The summed E-state index contributed by atoms with van der Waals surface area (Å²) in [5.41, 5.74) is 1.48. The average molecular weight is 375 g/mol. The Labute approximate surface area is 152 Å². The van der Waals surface area contributed by atoms with Crippen LogP contribution in [0.3, 0.4) is 0 Å². The van der Waals surface area contributed by atoms with E-state index in [4.69, 9.17) is 0 Å². The Morgan fingerprint density at radius 2 is 1.85 bits per heavy atom. The molecule has 0 saturated heterocycles. The van der Waals surface area contributed by atoms with Crippen molar-refractivity contribution in [2.24, 2.45) is 0 Å². The van der Waals surface area contributed by atoms with Crippen LogP contribution in [-0.4, -0.2) is 31.9 Å². The molecule has 9 heteroatoms. The third-order valence-electron chi connectivity index (χ3n) is 3.61. The first-order chi connectivity index (χ1) is 12.6. The van der Waals surface area contributed by atoms with Gasteiger partial charge >= 0.3 is 0 Å². The maximum Gasteiger partial charge on any atom is 0.288 e.